The van der Waals surface area contributed by atoms with Gasteiger partial charge in [0.2, 0.25) is 0 Å². The molecule has 0 N–H and O–H groups in total. The summed E-state index contributed by atoms with van der Waals surface area (Å²) in [6.07, 6.45) is 2.36. The quantitative estimate of drug-likeness (QED) is 0.767. The van der Waals surface area contributed by atoms with Crippen LogP contribution in [-0.2, 0) is 4.74 Å². The molecule has 102 valence electrons. The summed E-state index contributed by atoms with van der Waals surface area (Å²) < 4.78 is 10.9. The second-order valence-electron chi connectivity index (χ2n) is 4.98. The van der Waals surface area contributed by atoms with Crippen LogP contribution in [0.1, 0.15) is 23.2 Å². The molecular weight excluding hydrogens is 252 g/mol. The predicted molar refractivity (Wildman–Crippen MR) is 76.0 cm³/mol. The van der Waals surface area contributed by atoms with Gasteiger partial charge in [-0.3, -0.25) is 0 Å². The van der Waals surface area contributed by atoms with Gasteiger partial charge in [-0.1, -0.05) is 18.2 Å². The molecule has 2 aromatic rings. The van der Waals surface area contributed by atoms with Crippen molar-refractivity contribution in [1.82, 2.24) is 0 Å². The van der Waals surface area contributed by atoms with Crippen LogP contribution in [0.2, 0.25) is 0 Å². The summed E-state index contributed by atoms with van der Waals surface area (Å²) in [5.41, 5.74) is 0.561. The Bertz CT molecular complexity index is 571. The molecular formula is C17H16O3. The Morgan fingerprint density at radius 1 is 0.950 bits per heavy atom. The van der Waals surface area contributed by atoms with Crippen LogP contribution in [0.3, 0.4) is 0 Å². The van der Waals surface area contributed by atoms with Gasteiger partial charge in [0.05, 0.1) is 12.2 Å². The first kappa shape index (κ1) is 12.7. The number of benzene rings is 2. The molecule has 1 aliphatic rings. The third-order valence-electron chi connectivity index (χ3n) is 3.22. The SMILES string of the molecule is O=C(OCC1CC1)c1ccc(Oc2ccccc2)cc1. The molecule has 0 bridgehead atoms. The van der Waals surface area contributed by atoms with Crippen molar-refractivity contribution in [2.24, 2.45) is 5.92 Å². The lowest BCUT2D eigenvalue weighted by Crippen LogP contribution is -2.07. The summed E-state index contributed by atoms with van der Waals surface area (Å²) in [7, 11) is 0. The molecule has 0 amide bonds. The van der Waals surface area contributed by atoms with Crippen LogP contribution in [0, 0.1) is 5.92 Å². The van der Waals surface area contributed by atoms with Gasteiger partial charge in [-0.15, -0.1) is 0 Å². The number of hydrogen-bond acceptors (Lipinski definition) is 3. The molecule has 1 aliphatic carbocycles. The summed E-state index contributed by atoms with van der Waals surface area (Å²) in [5.74, 6) is 1.80. The van der Waals surface area contributed by atoms with Crippen molar-refractivity contribution in [3.8, 4) is 11.5 Å². The highest BCUT2D eigenvalue weighted by atomic mass is 16.5. The van der Waals surface area contributed by atoms with Crippen LogP contribution >= 0.6 is 0 Å². The molecule has 20 heavy (non-hydrogen) atoms. The lowest BCUT2D eigenvalue weighted by atomic mass is 10.2. The highest BCUT2D eigenvalue weighted by molar-refractivity contribution is 5.89. The van der Waals surface area contributed by atoms with Crippen molar-refractivity contribution in [2.45, 2.75) is 12.8 Å². The van der Waals surface area contributed by atoms with E-state index in [0.717, 1.165) is 5.75 Å². The van der Waals surface area contributed by atoms with Crippen molar-refractivity contribution >= 4 is 5.97 Å². The fraction of sp³-hybridized carbons (Fsp3) is 0.235. The second-order valence-corrected chi connectivity index (χ2v) is 4.98. The van der Waals surface area contributed by atoms with Gasteiger partial charge in [-0.05, 0) is 55.2 Å². The van der Waals surface area contributed by atoms with Gasteiger partial charge in [0.1, 0.15) is 11.5 Å². The zero-order chi connectivity index (χ0) is 13.8. The molecule has 0 heterocycles. The number of rotatable bonds is 5. The van der Waals surface area contributed by atoms with Crippen molar-refractivity contribution in [1.29, 1.82) is 0 Å². The molecule has 3 heteroatoms. The van der Waals surface area contributed by atoms with E-state index in [-0.39, 0.29) is 5.97 Å². The molecule has 0 saturated heterocycles. The topological polar surface area (TPSA) is 35.5 Å². The Hall–Kier alpha value is -2.29. The van der Waals surface area contributed by atoms with E-state index < -0.39 is 0 Å². The maximum Gasteiger partial charge on any atom is 0.338 e. The smallest absolute Gasteiger partial charge is 0.338 e. The number of carbonyl (C=O) groups excluding carboxylic acids is 1. The van der Waals surface area contributed by atoms with Crippen LogP contribution in [0.4, 0.5) is 0 Å². The van der Waals surface area contributed by atoms with E-state index in [1.807, 2.05) is 30.3 Å². The van der Waals surface area contributed by atoms with Crippen LogP contribution in [0.15, 0.2) is 54.6 Å². The van der Waals surface area contributed by atoms with Crippen LogP contribution in [-0.4, -0.2) is 12.6 Å². The number of esters is 1. The molecule has 2 aromatic carbocycles. The fourth-order valence-corrected chi connectivity index (χ4v) is 1.85. The standard InChI is InChI=1S/C17H16O3/c18-17(19-12-13-6-7-13)14-8-10-16(11-9-14)20-15-4-2-1-3-5-15/h1-5,8-11,13H,6-7,12H2. The summed E-state index contributed by atoms with van der Waals surface area (Å²) in [6, 6.07) is 16.6. The van der Waals surface area contributed by atoms with E-state index >= 15 is 0 Å². The Balaban J connectivity index is 1.60. The molecule has 0 aromatic heterocycles. The maximum absolute atomic E-state index is 11.8. The van der Waals surface area contributed by atoms with Gasteiger partial charge < -0.3 is 9.47 Å². The van der Waals surface area contributed by atoms with Crippen molar-refractivity contribution < 1.29 is 14.3 Å². The first-order valence-corrected chi connectivity index (χ1v) is 6.81. The van der Waals surface area contributed by atoms with E-state index in [1.165, 1.54) is 12.8 Å². The van der Waals surface area contributed by atoms with Crippen LogP contribution in [0.5, 0.6) is 11.5 Å². The molecule has 0 spiro atoms. The minimum absolute atomic E-state index is 0.261. The molecule has 0 atom stereocenters. The van der Waals surface area contributed by atoms with E-state index in [2.05, 4.69) is 0 Å². The molecule has 3 nitrogen and oxygen atoms in total. The van der Waals surface area contributed by atoms with Gasteiger partial charge in [0, 0.05) is 0 Å². The van der Waals surface area contributed by atoms with Gasteiger partial charge in [0.25, 0.3) is 0 Å². The zero-order valence-electron chi connectivity index (χ0n) is 11.1. The van der Waals surface area contributed by atoms with Crippen LogP contribution in [0.25, 0.3) is 0 Å². The number of ether oxygens (including phenoxy) is 2. The maximum atomic E-state index is 11.8. The molecule has 1 saturated carbocycles. The zero-order valence-corrected chi connectivity index (χ0v) is 11.1. The van der Waals surface area contributed by atoms with Gasteiger partial charge >= 0.3 is 5.97 Å². The van der Waals surface area contributed by atoms with Gasteiger partial charge in [-0.25, -0.2) is 4.79 Å². The Morgan fingerprint density at radius 2 is 1.60 bits per heavy atom. The van der Waals surface area contributed by atoms with E-state index in [4.69, 9.17) is 9.47 Å². The third-order valence-corrected chi connectivity index (χ3v) is 3.22. The highest BCUT2D eigenvalue weighted by Crippen LogP contribution is 2.29. The minimum atomic E-state index is -0.261. The average molecular weight is 268 g/mol. The van der Waals surface area contributed by atoms with E-state index in [9.17, 15) is 4.79 Å². The van der Waals surface area contributed by atoms with Crippen molar-refractivity contribution in [3.63, 3.8) is 0 Å². The first-order chi connectivity index (χ1) is 9.81. The Kier molecular flexibility index (Phi) is 3.68. The van der Waals surface area contributed by atoms with Gasteiger partial charge in [0.15, 0.2) is 0 Å². The van der Waals surface area contributed by atoms with Gasteiger partial charge in [-0.2, -0.15) is 0 Å². The van der Waals surface area contributed by atoms with Crippen molar-refractivity contribution in [2.75, 3.05) is 6.61 Å². The summed E-state index contributed by atoms with van der Waals surface area (Å²) in [6.45, 7) is 0.543. The Morgan fingerprint density at radius 3 is 2.25 bits per heavy atom. The second kappa shape index (κ2) is 5.78. The van der Waals surface area contributed by atoms with Crippen molar-refractivity contribution in [3.05, 3.63) is 60.2 Å². The predicted octanol–water partition coefficient (Wildman–Crippen LogP) is 4.05. The lowest BCUT2D eigenvalue weighted by Gasteiger charge is -2.07. The van der Waals surface area contributed by atoms with Crippen LogP contribution < -0.4 is 4.74 Å². The molecule has 0 radical (unpaired) electrons. The third kappa shape index (κ3) is 3.38. The molecule has 0 unspecified atom stereocenters. The number of hydrogen-bond donors (Lipinski definition) is 0. The lowest BCUT2D eigenvalue weighted by molar-refractivity contribution is 0.0486. The Labute approximate surface area is 118 Å². The highest BCUT2D eigenvalue weighted by Gasteiger charge is 2.23. The summed E-state index contributed by atoms with van der Waals surface area (Å²) in [4.78, 5) is 11.8. The van der Waals surface area contributed by atoms with E-state index in [0.29, 0.717) is 23.8 Å². The number of para-hydroxylation sites is 1. The number of carbonyl (C=O) groups is 1. The molecule has 1 fully saturated rings. The monoisotopic (exact) mass is 268 g/mol. The summed E-state index contributed by atoms with van der Waals surface area (Å²) >= 11 is 0. The normalized spacial score (nSPS) is 13.8. The average Bonchev–Trinajstić information content (AvgIpc) is 3.31. The minimum Gasteiger partial charge on any atom is -0.462 e. The molecule has 3 rings (SSSR count). The fourth-order valence-electron chi connectivity index (χ4n) is 1.85. The molecule has 0 aliphatic heterocycles. The van der Waals surface area contributed by atoms with E-state index in [1.54, 1.807) is 24.3 Å². The summed E-state index contributed by atoms with van der Waals surface area (Å²) in [5, 5.41) is 0. The first-order valence-electron chi connectivity index (χ1n) is 6.81. The largest absolute Gasteiger partial charge is 0.462 e.